The molecule has 2 aromatic carbocycles. The summed E-state index contributed by atoms with van der Waals surface area (Å²) in [5.74, 6) is -4.59. The van der Waals surface area contributed by atoms with Crippen LogP contribution in [0.25, 0.3) is 0 Å². The number of hydrogen-bond acceptors (Lipinski definition) is 5. The number of aliphatic hydroxyl groups excluding tert-OH is 2. The third-order valence-electron chi connectivity index (χ3n) is 3.94. The lowest BCUT2D eigenvalue weighted by Crippen LogP contribution is -2.30. The molecule has 150 valence electrons. The lowest BCUT2D eigenvalue weighted by atomic mass is 9.99. The van der Waals surface area contributed by atoms with Crippen molar-refractivity contribution in [3.63, 3.8) is 0 Å². The summed E-state index contributed by atoms with van der Waals surface area (Å²) in [4.78, 5) is 22.5. The summed E-state index contributed by atoms with van der Waals surface area (Å²) in [7, 11) is 0. The summed E-state index contributed by atoms with van der Waals surface area (Å²) in [6.45, 7) is -0.0446. The highest BCUT2D eigenvalue weighted by molar-refractivity contribution is 5.88. The van der Waals surface area contributed by atoms with Gasteiger partial charge in [-0.15, -0.1) is 0 Å². The summed E-state index contributed by atoms with van der Waals surface area (Å²) < 4.78 is 32.5. The second-order valence-corrected chi connectivity index (χ2v) is 5.92. The SMILES string of the molecule is O=C(NCCC(O)C(O)c1ccc(F)c(C(=O)O)c1F)OCc1ccccc1. The highest BCUT2D eigenvalue weighted by Crippen LogP contribution is 2.25. The third kappa shape index (κ3) is 5.48. The first-order valence-corrected chi connectivity index (χ1v) is 8.33. The number of aliphatic hydroxyl groups is 2. The molecule has 0 aliphatic heterocycles. The van der Waals surface area contributed by atoms with Gasteiger partial charge in [-0.05, 0) is 18.1 Å². The molecular formula is C19H19F2NO6. The van der Waals surface area contributed by atoms with Crippen LogP contribution in [0, 0.1) is 11.6 Å². The van der Waals surface area contributed by atoms with Gasteiger partial charge >= 0.3 is 12.1 Å². The van der Waals surface area contributed by atoms with Gasteiger partial charge in [0, 0.05) is 12.1 Å². The molecule has 2 aromatic rings. The van der Waals surface area contributed by atoms with E-state index in [1.165, 1.54) is 0 Å². The Bertz CT molecular complexity index is 831. The van der Waals surface area contributed by atoms with Crippen LogP contribution in [-0.4, -0.2) is 40.0 Å². The van der Waals surface area contributed by atoms with E-state index in [1.54, 1.807) is 24.3 Å². The predicted molar refractivity (Wildman–Crippen MR) is 93.5 cm³/mol. The number of rotatable bonds is 8. The maximum Gasteiger partial charge on any atom is 0.407 e. The van der Waals surface area contributed by atoms with Crippen molar-refractivity contribution in [3.8, 4) is 0 Å². The molecule has 2 unspecified atom stereocenters. The standard InChI is InChI=1S/C19H19F2NO6/c20-13-7-6-12(16(21)15(13)18(25)26)17(24)14(23)8-9-22-19(27)28-10-11-4-2-1-3-5-11/h1-7,14,17,23-24H,8-10H2,(H,22,27)(H,25,26). The maximum absolute atomic E-state index is 14.1. The Kier molecular flexibility index (Phi) is 7.42. The monoisotopic (exact) mass is 395 g/mol. The average molecular weight is 395 g/mol. The highest BCUT2D eigenvalue weighted by atomic mass is 19.1. The van der Waals surface area contributed by atoms with Gasteiger partial charge in [-0.3, -0.25) is 0 Å². The number of halogens is 2. The molecule has 28 heavy (non-hydrogen) atoms. The number of carbonyl (C=O) groups excluding carboxylic acids is 1. The van der Waals surface area contributed by atoms with Crippen molar-refractivity contribution in [2.24, 2.45) is 0 Å². The highest BCUT2D eigenvalue weighted by Gasteiger charge is 2.27. The lowest BCUT2D eigenvalue weighted by molar-refractivity contribution is 0.0113. The zero-order valence-electron chi connectivity index (χ0n) is 14.6. The van der Waals surface area contributed by atoms with E-state index < -0.39 is 47.0 Å². The number of aromatic carboxylic acids is 1. The molecule has 0 bridgehead atoms. The van der Waals surface area contributed by atoms with Crippen molar-refractivity contribution in [2.75, 3.05) is 6.54 Å². The molecule has 0 aromatic heterocycles. The molecule has 0 spiro atoms. The normalized spacial score (nSPS) is 12.9. The van der Waals surface area contributed by atoms with E-state index >= 15 is 0 Å². The molecule has 7 nitrogen and oxygen atoms in total. The Morgan fingerprint density at radius 2 is 1.75 bits per heavy atom. The van der Waals surface area contributed by atoms with Gasteiger partial charge in [0.05, 0.1) is 6.10 Å². The van der Waals surface area contributed by atoms with Crippen molar-refractivity contribution >= 4 is 12.1 Å². The largest absolute Gasteiger partial charge is 0.477 e. The molecule has 0 saturated heterocycles. The molecule has 1 amide bonds. The number of carboxylic acids is 1. The molecule has 0 fully saturated rings. The van der Waals surface area contributed by atoms with Crippen molar-refractivity contribution in [2.45, 2.75) is 25.2 Å². The zero-order valence-corrected chi connectivity index (χ0v) is 14.6. The van der Waals surface area contributed by atoms with E-state index in [0.717, 1.165) is 11.6 Å². The van der Waals surface area contributed by atoms with Crippen LogP contribution >= 0.6 is 0 Å². The Hall–Kier alpha value is -3.04. The fourth-order valence-electron chi connectivity index (χ4n) is 2.45. The minimum absolute atomic E-state index is 0.0522. The molecule has 0 heterocycles. The van der Waals surface area contributed by atoms with Crippen molar-refractivity contribution in [1.29, 1.82) is 0 Å². The number of benzene rings is 2. The molecule has 0 aliphatic carbocycles. The van der Waals surface area contributed by atoms with Crippen LogP contribution in [0.1, 0.15) is 34.0 Å². The first-order valence-electron chi connectivity index (χ1n) is 8.33. The van der Waals surface area contributed by atoms with Gasteiger partial charge in [0.25, 0.3) is 0 Å². The van der Waals surface area contributed by atoms with E-state index in [2.05, 4.69) is 5.32 Å². The van der Waals surface area contributed by atoms with Crippen LogP contribution in [-0.2, 0) is 11.3 Å². The smallest absolute Gasteiger partial charge is 0.407 e. The number of ether oxygens (including phenoxy) is 1. The van der Waals surface area contributed by atoms with Gasteiger partial charge in [0.15, 0.2) is 0 Å². The number of alkyl carbamates (subject to hydrolysis) is 1. The van der Waals surface area contributed by atoms with Gasteiger partial charge in [-0.2, -0.15) is 0 Å². The predicted octanol–water partition coefficient (Wildman–Crippen LogP) is 2.37. The Morgan fingerprint density at radius 1 is 1.07 bits per heavy atom. The van der Waals surface area contributed by atoms with E-state index in [-0.39, 0.29) is 19.6 Å². The Balaban J connectivity index is 1.86. The van der Waals surface area contributed by atoms with Gasteiger partial charge < -0.3 is 25.4 Å². The van der Waals surface area contributed by atoms with Crippen LogP contribution in [0.15, 0.2) is 42.5 Å². The number of nitrogens with one attached hydrogen (secondary N) is 1. The third-order valence-corrected chi connectivity index (χ3v) is 3.94. The Labute approximate surface area is 159 Å². The summed E-state index contributed by atoms with van der Waals surface area (Å²) in [5, 5.41) is 31.2. The number of amides is 1. The molecule has 0 aliphatic rings. The van der Waals surface area contributed by atoms with Crippen LogP contribution in [0.5, 0.6) is 0 Å². The molecule has 0 saturated carbocycles. The number of carbonyl (C=O) groups is 2. The molecule has 2 rings (SSSR count). The second-order valence-electron chi connectivity index (χ2n) is 5.92. The van der Waals surface area contributed by atoms with Crippen molar-refractivity contribution in [3.05, 3.63) is 70.8 Å². The minimum Gasteiger partial charge on any atom is -0.477 e. The number of carboxylic acid groups (broad SMARTS) is 1. The molecule has 9 heteroatoms. The van der Waals surface area contributed by atoms with Crippen LogP contribution < -0.4 is 5.32 Å². The first kappa shape index (κ1) is 21.3. The second kappa shape index (κ2) is 9.77. The quantitative estimate of drug-likeness (QED) is 0.545. The van der Waals surface area contributed by atoms with Crippen molar-refractivity contribution < 1.29 is 38.4 Å². The van der Waals surface area contributed by atoms with Gasteiger partial charge in [-0.25, -0.2) is 18.4 Å². The summed E-state index contributed by atoms with van der Waals surface area (Å²) in [6.07, 6.45) is -4.26. The van der Waals surface area contributed by atoms with Gasteiger partial charge in [0.1, 0.15) is 29.9 Å². The fourth-order valence-corrected chi connectivity index (χ4v) is 2.45. The van der Waals surface area contributed by atoms with E-state index in [9.17, 15) is 28.6 Å². The number of hydrogen-bond donors (Lipinski definition) is 4. The Morgan fingerprint density at radius 3 is 2.39 bits per heavy atom. The topological polar surface area (TPSA) is 116 Å². The molecule has 2 atom stereocenters. The summed E-state index contributed by atoms with van der Waals surface area (Å²) >= 11 is 0. The summed E-state index contributed by atoms with van der Waals surface area (Å²) in [5.41, 5.74) is -0.988. The van der Waals surface area contributed by atoms with Gasteiger partial charge in [-0.1, -0.05) is 36.4 Å². The molecule has 0 radical (unpaired) electrons. The lowest BCUT2D eigenvalue weighted by Gasteiger charge is -2.19. The van der Waals surface area contributed by atoms with Gasteiger partial charge in [0.2, 0.25) is 0 Å². The van der Waals surface area contributed by atoms with E-state index in [0.29, 0.717) is 6.07 Å². The summed E-state index contributed by atoms with van der Waals surface area (Å²) in [6, 6.07) is 10.5. The average Bonchev–Trinajstić information content (AvgIpc) is 2.66. The zero-order chi connectivity index (χ0) is 20.7. The van der Waals surface area contributed by atoms with Crippen LogP contribution in [0.4, 0.5) is 13.6 Å². The minimum atomic E-state index is -1.83. The fraction of sp³-hybridized carbons (Fsp3) is 0.263. The van der Waals surface area contributed by atoms with E-state index in [1.807, 2.05) is 6.07 Å². The van der Waals surface area contributed by atoms with Crippen LogP contribution in [0.2, 0.25) is 0 Å². The molecule has 4 N–H and O–H groups in total. The van der Waals surface area contributed by atoms with Crippen LogP contribution in [0.3, 0.4) is 0 Å². The van der Waals surface area contributed by atoms with E-state index in [4.69, 9.17) is 9.84 Å². The maximum atomic E-state index is 14.1. The van der Waals surface area contributed by atoms with Crippen molar-refractivity contribution in [1.82, 2.24) is 5.32 Å². The first-order chi connectivity index (χ1) is 13.3. The molecular weight excluding hydrogens is 376 g/mol.